The Balaban J connectivity index is 1.89. The van der Waals surface area contributed by atoms with Crippen LogP contribution in [-0.2, 0) is 22.7 Å². The van der Waals surface area contributed by atoms with Crippen LogP contribution in [0, 0.1) is 10.1 Å². The molecule has 234 valence electrons. The molecule has 0 aliphatic rings. The molecule has 3 aromatic rings. The first kappa shape index (κ1) is 33.6. The van der Waals surface area contributed by atoms with E-state index in [0.717, 1.165) is 5.69 Å². The normalized spacial score (nSPS) is 11.2. The summed E-state index contributed by atoms with van der Waals surface area (Å²) in [7, 11) is 2.98. The summed E-state index contributed by atoms with van der Waals surface area (Å²) >= 11 is 0. The number of azo groups is 2. The standard InChI is InChI=1S/C30H36N6O8/c1-5-35(13-7-8-30(39)44-6-2)27-15-21(19-38)25(17-29(27)43-4)33-34-26-14-20(18-37)24(16-28(26)42-3)32-31-22-9-11-23(12-10-22)36(40)41/h9-12,14-17,37-38H,5-8,13,18-19H2,1-4H3. The Morgan fingerprint density at radius 3 is 2.02 bits per heavy atom. The van der Waals surface area contributed by atoms with Crippen LogP contribution in [0.3, 0.4) is 0 Å². The second-order valence-electron chi connectivity index (χ2n) is 9.28. The van der Waals surface area contributed by atoms with Gasteiger partial charge >= 0.3 is 5.97 Å². The number of methoxy groups -OCH3 is 2. The van der Waals surface area contributed by atoms with Crippen LogP contribution in [0.4, 0.5) is 34.1 Å². The molecule has 3 aromatic carbocycles. The Bertz CT molecular complexity index is 1490. The average Bonchev–Trinajstić information content (AvgIpc) is 3.04. The molecule has 0 heterocycles. The Kier molecular flexibility index (Phi) is 12.7. The highest BCUT2D eigenvalue weighted by Gasteiger charge is 2.17. The minimum Gasteiger partial charge on any atom is -0.495 e. The molecule has 0 atom stereocenters. The number of benzene rings is 3. The van der Waals surface area contributed by atoms with Crippen molar-refractivity contribution in [3.63, 3.8) is 0 Å². The van der Waals surface area contributed by atoms with Crippen molar-refractivity contribution in [1.82, 2.24) is 0 Å². The maximum Gasteiger partial charge on any atom is 0.305 e. The summed E-state index contributed by atoms with van der Waals surface area (Å²) in [6.07, 6.45) is 0.878. The van der Waals surface area contributed by atoms with E-state index in [1.165, 1.54) is 38.5 Å². The lowest BCUT2D eigenvalue weighted by Crippen LogP contribution is -2.25. The van der Waals surface area contributed by atoms with Crippen LogP contribution in [-0.4, -0.2) is 55.0 Å². The number of rotatable bonds is 16. The molecular formula is C30H36N6O8. The molecule has 0 fully saturated rings. The highest BCUT2D eigenvalue weighted by atomic mass is 16.6. The molecule has 0 saturated heterocycles. The minimum absolute atomic E-state index is 0.0679. The van der Waals surface area contributed by atoms with Crippen LogP contribution in [0.15, 0.2) is 69.0 Å². The topological polar surface area (TPSA) is 181 Å². The zero-order valence-corrected chi connectivity index (χ0v) is 25.1. The van der Waals surface area contributed by atoms with Gasteiger partial charge in [0.05, 0.1) is 61.7 Å². The number of nitrogens with zero attached hydrogens (tertiary/aromatic N) is 6. The fourth-order valence-electron chi connectivity index (χ4n) is 4.25. The summed E-state index contributed by atoms with van der Waals surface area (Å²) < 4.78 is 16.1. The van der Waals surface area contributed by atoms with Crippen LogP contribution in [0.25, 0.3) is 0 Å². The van der Waals surface area contributed by atoms with Gasteiger partial charge in [-0.1, -0.05) is 0 Å². The zero-order valence-electron chi connectivity index (χ0n) is 25.1. The van der Waals surface area contributed by atoms with Crippen LogP contribution in [0.1, 0.15) is 37.8 Å². The van der Waals surface area contributed by atoms with E-state index in [-0.39, 0.29) is 24.9 Å². The number of nitro groups is 1. The van der Waals surface area contributed by atoms with Crippen molar-refractivity contribution in [3.8, 4) is 11.5 Å². The van der Waals surface area contributed by atoms with E-state index in [0.29, 0.717) is 77.9 Å². The highest BCUT2D eigenvalue weighted by molar-refractivity contribution is 5.70. The lowest BCUT2D eigenvalue weighted by atomic mass is 10.1. The Hall–Kier alpha value is -4.95. The fourth-order valence-corrected chi connectivity index (χ4v) is 4.25. The molecule has 0 aliphatic carbocycles. The van der Waals surface area contributed by atoms with Gasteiger partial charge in [0.1, 0.15) is 17.2 Å². The van der Waals surface area contributed by atoms with Crippen molar-refractivity contribution in [2.75, 3.05) is 38.8 Å². The largest absolute Gasteiger partial charge is 0.495 e. The lowest BCUT2D eigenvalue weighted by Gasteiger charge is -2.26. The van der Waals surface area contributed by atoms with E-state index < -0.39 is 4.92 Å². The van der Waals surface area contributed by atoms with E-state index in [9.17, 15) is 25.1 Å². The van der Waals surface area contributed by atoms with Crippen molar-refractivity contribution >= 4 is 40.1 Å². The van der Waals surface area contributed by atoms with E-state index in [1.54, 1.807) is 31.2 Å². The molecule has 14 nitrogen and oxygen atoms in total. The quantitative estimate of drug-likeness (QED) is 0.0783. The van der Waals surface area contributed by atoms with Crippen molar-refractivity contribution in [2.45, 2.75) is 39.9 Å². The number of carbonyl (C=O) groups excluding carboxylic acids is 1. The second kappa shape index (κ2) is 16.6. The van der Waals surface area contributed by atoms with Gasteiger partial charge in [0.25, 0.3) is 5.69 Å². The van der Waals surface area contributed by atoms with Gasteiger partial charge in [-0.25, -0.2) is 0 Å². The number of nitro benzene ring substituents is 1. The monoisotopic (exact) mass is 608 g/mol. The molecule has 44 heavy (non-hydrogen) atoms. The van der Waals surface area contributed by atoms with Crippen LogP contribution in [0.2, 0.25) is 0 Å². The van der Waals surface area contributed by atoms with Gasteiger partial charge in [-0.05, 0) is 44.5 Å². The van der Waals surface area contributed by atoms with Gasteiger partial charge in [0.2, 0.25) is 0 Å². The molecule has 2 N–H and O–H groups in total. The van der Waals surface area contributed by atoms with Crippen LogP contribution < -0.4 is 14.4 Å². The summed E-state index contributed by atoms with van der Waals surface area (Å²) in [5.74, 6) is 0.568. The molecule has 0 aliphatic heterocycles. The van der Waals surface area contributed by atoms with Gasteiger partial charge < -0.3 is 29.3 Å². The summed E-state index contributed by atoms with van der Waals surface area (Å²) in [6, 6.07) is 12.1. The molecule has 0 aromatic heterocycles. The van der Waals surface area contributed by atoms with Crippen molar-refractivity contribution in [1.29, 1.82) is 0 Å². The Morgan fingerprint density at radius 1 is 0.864 bits per heavy atom. The number of non-ortho nitro benzene ring substituents is 1. The maximum absolute atomic E-state index is 11.8. The van der Waals surface area contributed by atoms with Gasteiger partial charge in [0, 0.05) is 54.9 Å². The molecule has 0 bridgehead atoms. The average molecular weight is 609 g/mol. The fraction of sp³-hybridized carbons (Fsp3) is 0.367. The molecule has 0 saturated carbocycles. The van der Waals surface area contributed by atoms with E-state index >= 15 is 0 Å². The van der Waals surface area contributed by atoms with Crippen LogP contribution >= 0.6 is 0 Å². The molecule has 0 radical (unpaired) electrons. The lowest BCUT2D eigenvalue weighted by molar-refractivity contribution is -0.384. The number of esters is 1. The first-order chi connectivity index (χ1) is 21.3. The number of carbonyl (C=O) groups is 1. The van der Waals surface area contributed by atoms with E-state index in [2.05, 4.69) is 20.5 Å². The smallest absolute Gasteiger partial charge is 0.305 e. The third kappa shape index (κ3) is 8.78. The predicted octanol–water partition coefficient (Wildman–Crippen LogP) is 6.60. The molecule has 14 heteroatoms. The van der Waals surface area contributed by atoms with Crippen molar-refractivity contribution < 1.29 is 34.1 Å². The second-order valence-corrected chi connectivity index (χ2v) is 9.28. The predicted molar refractivity (Wildman–Crippen MR) is 163 cm³/mol. The first-order valence-corrected chi connectivity index (χ1v) is 13.9. The summed E-state index contributed by atoms with van der Waals surface area (Å²) in [5.41, 5.74) is 2.93. The Labute approximate surface area is 254 Å². The van der Waals surface area contributed by atoms with Gasteiger partial charge in [0.15, 0.2) is 0 Å². The maximum atomic E-state index is 11.8. The third-order valence-electron chi connectivity index (χ3n) is 6.54. The minimum atomic E-state index is -0.506. The molecular weight excluding hydrogens is 572 g/mol. The van der Waals surface area contributed by atoms with Gasteiger partial charge in [-0.15, -0.1) is 10.2 Å². The summed E-state index contributed by atoms with van der Waals surface area (Å²) in [5, 5.41) is 48.0. The van der Waals surface area contributed by atoms with Crippen molar-refractivity contribution in [3.05, 3.63) is 69.8 Å². The zero-order chi connectivity index (χ0) is 32.1. The van der Waals surface area contributed by atoms with E-state index in [4.69, 9.17) is 14.2 Å². The Morgan fingerprint density at radius 2 is 1.45 bits per heavy atom. The van der Waals surface area contributed by atoms with E-state index in [1.807, 2.05) is 11.8 Å². The highest BCUT2D eigenvalue weighted by Crippen LogP contribution is 2.40. The number of aliphatic hydroxyl groups is 2. The van der Waals surface area contributed by atoms with Crippen molar-refractivity contribution in [2.24, 2.45) is 20.5 Å². The molecule has 3 rings (SSSR count). The number of hydrogen-bond acceptors (Lipinski definition) is 13. The molecule has 0 unspecified atom stereocenters. The number of aliphatic hydroxyl groups excluding tert-OH is 2. The number of hydrogen-bond donors (Lipinski definition) is 2. The third-order valence-corrected chi connectivity index (χ3v) is 6.54. The summed E-state index contributed by atoms with van der Waals surface area (Å²) in [4.78, 5) is 24.2. The number of anilines is 1. The molecule has 0 spiro atoms. The first-order valence-electron chi connectivity index (χ1n) is 13.9. The van der Waals surface area contributed by atoms with Gasteiger partial charge in [-0.2, -0.15) is 10.2 Å². The van der Waals surface area contributed by atoms with Gasteiger partial charge in [-0.3, -0.25) is 14.9 Å². The molecule has 0 amide bonds. The SMILES string of the molecule is CCOC(=O)CCCN(CC)c1cc(CO)c(N=Nc2cc(CO)c(N=Nc3ccc([N+](=O)[O-])cc3)cc2OC)cc1OC. The number of ether oxygens (including phenoxy) is 3. The summed E-state index contributed by atoms with van der Waals surface area (Å²) in [6.45, 7) is 4.61. The van der Waals surface area contributed by atoms with Crippen LogP contribution in [0.5, 0.6) is 11.5 Å².